The molecule has 0 aliphatic carbocycles. The van der Waals surface area contributed by atoms with E-state index in [2.05, 4.69) is 5.32 Å². The van der Waals surface area contributed by atoms with E-state index in [1.54, 1.807) is 0 Å². The number of rotatable bonds is 2. The number of sulfonamides is 1. The second-order valence-corrected chi connectivity index (χ2v) is 6.88. The molecule has 1 aliphatic rings. The molecule has 1 aromatic carbocycles. The quantitative estimate of drug-likeness (QED) is 0.575. The number of nitrogen functional groups attached to an aromatic ring is 1. The highest BCUT2D eigenvalue weighted by atomic mass is 32.2. The Morgan fingerprint density at radius 1 is 1.20 bits per heavy atom. The number of anilines is 1. The first kappa shape index (κ1) is 14.5. The van der Waals surface area contributed by atoms with Gasteiger partial charge in [-0.15, -0.1) is 0 Å². The molecule has 2 rings (SSSR count). The number of hydrogen-bond acceptors (Lipinski definition) is 5. The van der Waals surface area contributed by atoms with E-state index in [1.807, 2.05) is 0 Å². The second-order valence-electron chi connectivity index (χ2n) is 5.02. The van der Waals surface area contributed by atoms with Gasteiger partial charge in [0, 0.05) is 5.69 Å². The van der Waals surface area contributed by atoms with Crippen molar-refractivity contribution in [2.24, 2.45) is 0 Å². The molecular weight excluding hydrogens is 282 g/mol. The SMILES string of the molecule is CC1(C)C(=O)NC(=O)CN1S(=O)(=O)c1ccc(N)cc1. The predicted octanol–water partition coefficient (Wildman–Crippen LogP) is -0.305. The lowest BCUT2D eigenvalue weighted by Gasteiger charge is -2.38. The number of nitrogens with two attached hydrogens (primary N) is 1. The van der Waals surface area contributed by atoms with Gasteiger partial charge in [0.15, 0.2) is 0 Å². The molecule has 0 atom stereocenters. The summed E-state index contributed by atoms with van der Waals surface area (Å²) in [4.78, 5) is 23.2. The third-order valence-corrected chi connectivity index (χ3v) is 5.22. The Labute approximate surface area is 116 Å². The minimum Gasteiger partial charge on any atom is -0.399 e. The van der Waals surface area contributed by atoms with Crippen molar-refractivity contribution in [1.29, 1.82) is 0 Å². The van der Waals surface area contributed by atoms with Gasteiger partial charge in [0.05, 0.1) is 11.4 Å². The number of piperazine rings is 1. The number of amides is 2. The van der Waals surface area contributed by atoms with Gasteiger partial charge in [0.2, 0.25) is 21.8 Å². The molecule has 1 aliphatic heterocycles. The summed E-state index contributed by atoms with van der Waals surface area (Å²) in [6, 6.07) is 5.59. The Morgan fingerprint density at radius 2 is 1.75 bits per heavy atom. The number of carbonyl (C=O) groups is 2. The van der Waals surface area contributed by atoms with Crippen LogP contribution in [0.4, 0.5) is 5.69 Å². The van der Waals surface area contributed by atoms with Crippen molar-refractivity contribution < 1.29 is 18.0 Å². The van der Waals surface area contributed by atoms with Gasteiger partial charge in [-0.2, -0.15) is 4.31 Å². The van der Waals surface area contributed by atoms with Gasteiger partial charge < -0.3 is 5.73 Å². The van der Waals surface area contributed by atoms with Gasteiger partial charge >= 0.3 is 0 Å². The molecule has 7 nitrogen and oxygen atoms in total. The van der Waals surface area contributed by atoms with Crippen LogP contribution in [0.3, 0.4) is 0 Å². The third-order valence-electron chi connectivity index (χ3n) is 3.19. The van der Waals surface area contributed by atoms with E-state index in [-0.39, 0.29) is 4.90 Å². The molecule has 108 valence electrons. The Kier molecular flexibility index (Phi) is 3.31. The molecule has 1 aromatic rings. The van der Waals surface area contributed by atoms with Crippen LogP contribution in [0.25, 0.3) is 0 Å². The van der Waals surface area contributed by atoms with Crippen LogP contribution in [0, 0.1) is 0 Å². The molecule has 3 N–H and O–H groups in total. The molecule has 8 heteroatoms. The van der Waals surface area contributed by atoms with Gasteiger partial charge in [-0.25, -0.2) is 8.42 Å². The predicted molar refractivity (Wildman–Crippen MR) is 72.0 cm³/mol. The Balaban J connectivity index is 2.49. The maximum absolute atomic E-state index is 12.6. The maximum Gasteiger partial charge on any atom is 0.247 e. The lowest BCUT2D eigenvalue weighted by molar-refractivity contribution is -0.141. The Morgan fingerprint density at radius 3 is 2.30 bits per heavy atom. The van der Waals surface area contributed by atoms with Crippen LogP contribution in [0.2, 0.25) is 0 Å². The van der Waals surface area contributed by atoms with Crippen molar-refractivity contribution in [2.45, 2.75) is 24.3 Å². The van der Waals surface area contributed by atoms with Gasteiger partial charge in [-0.1, -0.05) is 0 Å². The number of benzene rings is 1. The summed E-state index contributed by atoms with van der Waals surface area (Å²) in [6.07, 6.45) is 0. The maximum atomic E-state index is 12.6. The van der Waals surface area contributed by atoms with E-state index in [9.17, 15) is 18.0 Å². The summed E-state index contributed by atoms with van der Waals surface area (Å²) in [7, 11) is -3.96. The normalized spacial score (nSPS) is 19.7. The average molecular weight is 297 g/mol. The highest BCUT2D eigenvalue weighted by Gasteiger charge is 2.47. The largest absolute Gasteiger partial charge is 0.399 e. The van der Waals surface area contributed by atoms with E-state index in [0.29, 0.717) is 5.69 Å². The van der Waals surface area contributed by atoms with Crippen LogP contribution >= 0.6 is 0 Å². The lowest BCUT2D eigenvalue weighted by Crippen LogP contribution is -2.65. The van der Waals surface area contributed by atoms with E-state index in [0.717, 1.165) is 4.31 Å². The van der Waals surface area contributed by atoms with Crippen LogP contribution in [0.1, 0.15) is 13.8 Å². The molecular formula is C12H15N3O4S. The minimum atomic E-state index is -3.96. The smallest absolute Gasteiger partial charge is 0.247 e. The second kappa shape index (κ2) is 4.57. The zero-order valence-corrected chi connectivity index (χ0v) is 11.9. The fourth-order valence-corrected chi connectivity index (χ4v) is 3.62. The standard InChI is InChI=1S/C12H15N3O4S/c1-12(2)11(17)14-10(16)7-15(12)20(18,19)9-5-3-8(13)4-6-9/h3-6H,7,13H2,1-2H3,(H,14,16,17). The van der Waals surface area contributed by atoms with Gasteiger partial charge in [0.25, 0.3) is 0 Å². The van der Waals surface area contributed by atoms with Crippen LogP contribution in [-0.2, 0) is 19.6 Å². The zero-order valence-electron chi connectivity index (χ0n) is 11.1. The monoisotopic (exact) mass is 297 g/mol. The summed E-state index contributed by atoms with van der Waals surface area (Å²) in [5.41, 5.74) is 4.61. The van der Waals surface area contributed by atoms with Crippen LogP contribution in [0.5, 0.6) is 0 Å². The van der Waals surface area contributed by atoms with Crippen molar-refractivity contribution in [1.82, 2.24) is 9.62 Å². The van der Waals surface area contributed by atoms with E-state index < -0.39 is 33.9 Å². The summed E-state index contributed by atoms with van der Waals surface area (Å²) >= 11 is 0. The lowest BCUT2D eigenvalue weighted by atomic mass is 10.0. The summed E-state index contributed by atoms with van der Waals surface area (Å²) in [6.45, 7) is 2.50. The summed E-state index contributed by atoms with van der Waals surface area (Å²) in [5.74, 6) is -1.29. The number of carbonyl (C=O) groups excluding carboxylic acids is 2. The topological polar surface area (TPSA) is 110 Å². The molecule has 20 heavy (non-hydrogen) atoms. The van der Waals surface area contributed by atoms with Crippen LogP contribution in [-0.4, -0.2) is 36.6 Å². The van der Waals surface area contributed by atoms with E-state index >= 15 is 0 Å². The molecule has 0 bridgehead atoms. The molecule has 0 saturated carbocycles. The highest BCUT2D eigenvalue weighted by Crippen LogP contribution is 2.27. The van der Waals surface area contributed by atoms with Gasteiger partial charge in [-0.3, -0.25) is 14.9 Å². The van der Waals surface area contributed by atoms with Crippen molar-refractivity contribution in [2.75, 3.05) is 12.3 Å². The molecule has 0 aromatic heterocycles. The van der Waals surface area contributed by atoms with Crippen molar-refractivity contribution >= 4 is 27.5 Å². The molecule has 0 unspecified atom stereocenters. The minimum absolute atomic E-state index is 0.0118. The highest BCUT2D eigenvalue weighted by molar-refractivity contribution is 7.89. The van der Waals surface area contributed by atoms with Crippen molar-refractivity contribution in [3.05, 3.63) is 24.3 Å². The average Bonchev–Trinajstić information content (AvgIpc) is 2.34. The Bertz CT molecular complexity index is 664. The number of imide groups is 1. The van der Waals surface area contributed by atoms with Crippen molar-refractivity contribution in [3.63, 3.8) is 0 Å². The van der Waals surface area contributed by atoms with Gasteiger partial charge in [-0.05, 0) is 38.1 Å². The fourth-order valence-electron chi connectivity index (χ4n) is 1.91. The van der Waals surface area contributed by atoms with Crippen LogP contribution in [0.15, 0.2) is 29.2 Å². The molecule has 0 spiro atoms. The molecule has 1 heterocycles. The van der Waals surface area contributed by atoms with Crippen molar-refractivity contribution in [3.8, 4) is 0 Å². The zero-order chi connectivity index (χ0) is 15.1. The van der Waals surface area contributed by atoms with E-state index in [1.165, 1.54) is 38.1 Å². The molecule has 1 saturated heterocycles. The number of nitrogens with one attached hydrogen (secondary N) is 1. The first-order chi connectivity index (χ1) is 9.15. The first-order valence-corrected chi connectivity index (χ1v) is 7.32. The Hall–Kier alpha value is -1.93. The first-order valence-electron chi connectivity index (χ1n) is 5.88. The summed E-state index contributed by atoms with van der Waals surface area (Å²) < 4.78 is 26.0. The molecule has 1 fully saturated rings. The van der Waals surface area contributed by atoms with Crippen LogP contribution < -0.4 is 11.1 Å². The number of nitrogens with zero attached hydrogens (tertiary/aromatic N) is 1. The number of hydrogen-bond donors (Lipinski definition) is 2. The fraction of sp³-hybridized carbons (Fsp3) is 0.333. The molecule has 2 amide bonds. The van der Waals surface area contributed by atoms with Gasteiger partial charge in [0.1, 0.15) is 5.54 Å². The third kappa shape index (κ3) is 2.27. The molecule has 0 radical (unpaired) electrons. The van der Waals surface area contributed by atoms with E-state index in [4.69, 9.17) is 5.73 Å². The summed E-state index contributed by atoms with van der Waals surface area (Å²) in [5, 5.41) is 2.13.